The zero-order chi connectivity index (χ0) is 17.1. The molecule has 0 aliphatic carbocycles. The fourth-order valence-electron chi connectivity index (χ4n) is 3.10. The molecule has 2 aromatic heterocycles. The highest BCUT2D eigenvalue weighted by Gasteiger charge is 2.21. The number of nitrogens with one attached hydrogen (secondary N) is 1. The van der Waals surface area contributed by atoms with E-state index in [-0.39, 0.29) is 0 Å². The molecular weight excluding hydrogens is 334 g/mol. The Labute approximate surface area is 151 Å². The van der Waals surface area contributed by atoms with Gasteiger partial charge in [0.25, 0.3) is 4.84 Å². The number of pyridine rings is 1. The van der Waals surface area contributed by atoms with Crippen LogP contribution in [0.1, 0.15) is 0 Å². The van der Waals surface area contributed by atoms with Gasteiger partial charge in [-0.05, 0) is 36.5 Å². The lowest BCUT2D eigenvalue weighted by atomic mass is 10.2. The number of benzene rings is 1. The minimum Gasteiger partial charge on any atom is -0.409 e. The Morgan fingerprint density at radius 3 is 2.60 bits per heavy atom. The van der Waals surface area contributed by atoms with Gasteiger partial charge in [0.05, 0.1) is 31.7 Å². The van der Waals surface area contributed by atoms with Gasteiger partial charge in [-0.3, -0.25) is 4.98 Å². The van der Waals surface area contributed by atoms with Gasteiger partial charge in [-0.1, -0.05) is 18.2 Å². The number of anilines is 1. The van der Waals surface area contributed by atoms with Gasteiger partial charge in [-0.2, -0.15) is 4.68 Å². The lowest BCUT2D eigenvalue weighted by Crippen LogP contribution is -3.14. The van der Waals surface area contributed by atoms with Crippen LogP contribution >= 0.6 is 12.2 Å². The van der Waals surface area contributed by atoms with Crippen LogP contribution in [0.3, 0.4) is 0 Å². The van der Waals surface area contributed by atoms with E-state index < -0.39 is 0 Å². The molecule has 6 nitrogen and oxygen atoms in total. The van der Waals surface area contributed by atoms with Gasteiger partial charge in [-0.25, -0.2) is 0 Å². The highest BCUT2D eigenvalue weighted by Crippen LogP contribution is 2.15. The molecule has 7 heteroatoms. The van der Waals surface area contributed by atoms with Gasteiger partial charge in [0.15, 0.2) is 6.67 Å². The van der Waals surface area contributed by atoms with Crippen molar-refractivity contribution in [3.63, 3.8) is 0 Å². The summed E-state index contributed by atoms with van der Waals surface area (Å²) >= 11 is 5.33. The molecule has 1 N–H and O–H groups in total. The van der Waals surface area contributed by atoms with Crippen LogP contribution in [0.2, 0.25) is 0 Å². The number of piperazine rings is 1. The molecular formula is C18H20N5OS+. The maximum atomic E-state index is 5.64. The van der Waals surface area contributed by atoms with E-state index in [1.165, 1.54) is 10.6 Å². The van der Waals surface area contributed by atoms with Crippen LogP contribution < -0.4 is 9.80 Å². The van der Waals surface area contributed by atoms with E-state index in [0.717, 1.165) is 38.4 Å². The Morgan fingerprint density at radius 2 is 1.88 bits per heavy atom. The quantitative estimate of drug-likeness (QED) is 0.722. The zero-order valence-electron chi connectivity index (χ0n) is 13.8. The molecule has 0 saturated carbocycles. The first-order valence-corrected chi connectivity index (χ1v) is 8.82. The van der Waals surface area contributed by atoms with Crippen LogP contribution in [0, 0.1) is 4.84 Å². The van der Waals surface area contributed by atoms with Crippen molar-refractivity contribution in [2.45, 2.75) is 6.67 Å². The Bertz CT molecular complexity index is 869. The summed E-state index contributed by atoms with van der Waals surface area (Å²) < 4.78 is 7.42. The SMILES string of the molecule is S=c1oc(-c2cccnc2)nn1C[NH+]1CCN(c2ccccc2)CC1. The molecule has 1 saturated heterocycles. The van der Waals surface area contributed by atoms with Crippen molar-refractivity contribution >= 4 is 17.9 Å². The molecule has 3 aromatic rings. The molecule has 1 aliphatic rings. The molecule has 128 valence electrons. The second-order valence-electron chi connectivity index (χ2n) is 6.15. The molecule has 1 aliphatic heterocycles. The van der Waals surface area contributed by atoms with Crippen molar-refractivity contribution < 1.29 is 9.32 Å². The van der Waals surface area contributed by atoms with Gasteiger partial charge < -0.3 is 14.2 Å². The summed E-state index contributed by atoms with van der Waals surface area (Å²) in [6.07, 6.45) is 3.46. The molecule has 3 heterocycles. The number of para-hydroxylation sites is 1. The molecule has 0 atom stereocenters. The van der Waals surface area contributed by atoms with Gasteiger partial charge in [0, 0.05) is 18.1 Å². The first-order valence-electron chi connectivity index (χ1n) is 8.41. The first-order chi connectivity index (χ1) is 12.3. The third-order valence-electron chi connectivity index (χ3n) is 4.48. The summed E-state index contributed by atoms with van der Waals surface area (Å²) in [5.41, 5.74) is 2.13. The minimum absolute atomic E-state index is 0.414. The van der Waals surface area contributed by atoms with Gasteiger partial charge >= 0.3 is 0 Å². The summed E-state index contributed by atoms with van der Waals surface area (Å²) in [5, 5.41) is 4.52. The minimum atomic E-state index is 0.414. The van der Waals surface area contributed by atoms with Crippen molar-refractivity contribution in [1.82, 2.24) is 14.8 Å². The van der Waals surface area contributed by atoms with Crippen LogP contribution in [0.25, 0.3) is 11.5 Å². The molecule has 0 unspecified atom stereocenters. The number of quaternary nitrogens is 1. The Balaban J connectivity index is 1.41. The molecule has 1 aromatic carbocycles. The van der Waals surface area contributed by atoms with E-state index in [9.17, 15) is 0 Å². The Kier molecular flexibility index (Phi) is 4.58. The van der Waals surface area contributed by atoms with Crippen molar-refractivity contribution in [2.24, 2.45) is 0 Å². The smallest absolute Gasteiger partial charge is 0.292 e. The van der Waals surface area contributed by atoms with E-state index in [1.807, 2.05) is 12.1 Å². The third kappa shape index (κ3) is 3.62. The summed E-state index contributed by atoms with van der Waals surface area (Å²) in [5.74, 6) is 0.528. The van der Waals surface area contributed by atoms with E-state index in [2.05, 4.69) is 45.3 Å². The summed E-state index contributed by atoms with van der Waals surface area (Å²) in [6.45, 7) is 4.88. The fourth-order valence-corrected chi connectivity index (χ4v) is 3.29. The highest BCUT2D eigenvalue weighted by molar-refractivity contribution is 7.71. The second kappa shape index (κ2) is 7.16. The average Bonchev–Trinajstić information content (AvgIpc) is 3.04. The third-order valence-corrected chi connectivity index (χ3v) is 4.77. The predicted octanol–water partition coefficient (Wildman–Crippen LogP) is 1.63. The van der Waals surface area contributed by atoms with Crippen LogP contribution in [0.5, 0.6) is 0 Å². The Morgan fingerprint density at radius 1 is 1.08 bits per heavy atom. The molecule has 4 rings (SSSR count). The van der Waals surface area contributed by atoms with Crippen LogP contribution in [0.15, 0.2) is 59.3 Å². The van der Waals surface area contributed by atoms with Gasteiger partial charge in [0.2, 0.25) is 5.89 Å². The van der Waals surface area contributed by atoms with Crippen LogP contribution in [-0.2, 0) is 6.67 Å². The van der Waals surface area contributed by atoms with Crippen LogP contribution in [-0.4, -0.2) is 40.9 Å². The van der Waals surface area contributed by atoms with E-state index in [1.54, 1.807) is 17.1 Å². The van der Waals surface area contributed by atoms with Crippen molar-refractivity contribution in [3.05, 3.63) is 59.7 Å². The topological polar surface area (TPSA) is 51.5 Å². The largest absolute Gasteiger partial charge is 0.409 e. The van der Waals surface area contributed by atoms with Crippen molar-refractivity contribution in [2.75, 3.05) is 31.1 Å². The predicted molar refractivity (Wildman–Crippen MR) is 97.9 cm³/mol. The lowest BCUT2D eigenvalue weighted by Gasteiger charge is -2.33. The number of rotatable bonds is 4. The van der Waals surface area contributed by atoms with Gasteiger partial charge in [-0.15, -0.1) is 5.10 Å². The van der Waals surface area contributed by atoms with Crippen molar-refractivity contribution in [1.29, 1.82) is 0 Å². The lowest BCUT2D eigenvalue weighted by molar-refractivity contribution is -0.924. The molecule has 25 heavy (non-hydrogen) atoms. The number of hydrogen-bond acceptors (Lipinski definition) is 5. The normalized spacial score (nSPS) is 15.4. The molecule has 0 bridgehead atoms. The second-order valence-corrected chi connectivity index (χ2v) is 6.49. The summed E-state index contributed by atoms with van der Waals surface area (Å²) in [4.78, 5) is 8.39. The summed E-state index contributed by atoms with van der Waals surface area (Å²) in [7, 11) is 0. The summed E-state index contributed by atoms with van der Waals surface area (Å²) in [6, 6.07) is 14.3. The first kappa shape index (κ1) is 16.0. The molecule has 0 spiro atoms. The molecule has 0 amide bonds. The zero-order valence-corrected chi connectivity index (χ0v) is 14.7. The number of nitrogens with zero attached hydrogens (tertiary/aromatic N) is 4. The highest BCUT2D eigenvalue weighted by atomic mass is 32.1. The Hall–Kier alpha value is -2.51. The standard InChI is InChI=1S/C18H19N5OS/c25-18-23(20-17(24-18)15-5-4-8-19-13-15)14-21-9-11-22(12-10-21)16-6-2-1-3-7-16/h1-8,13H,9-12,14H2/p+1. The van der Waals surface area contributed by atoms with Crippen molar-refractivity contribution in [3.8, 4) is 11.5 Å². The molecule has 0 radical (unpaired) electrons. The van der Waals surface area contributed by atoms with E-state index in [4.69, 9.17) is 16.6 Å². The van der Waals surface area contributed by atoms with E-state index in [0.29, 0.717) is 10.7 Å². The maximum Gasteiger partial charge on any atom is 0.292 e. The van der Waals surface area contributed by atoms with Crippen LogP contribution in [0.4, 0.5) is 5.69 Å². The van der Waals surface area contributed by atoms with E-state index >= 15 is 0 Å². The number of hydrogen-bond donors (Lipinski definition) is 1. The monoisotopic (exact) mass is 354 g/mol. The maximum absolute atomic E-state index is 5.64. The fraction of sp³-hybridized carbons (Fsp3) is 0.278. The molecule has 1 fully saturated rings. The van der Waals surface area contributed by atoms with Gasteiger partial charge in [0.1, 0.15) is 0 Å². The average molecular weight is 354 g/mol. The number of aromatic nitrogens is 3.